The van der Waals surface area contributed by atoms with Crippen LogP contribution in [0.1, 0.15) is 12.8 Å². The van der Waals surface area contributed by atoms with Crippen molar-refractivity contribution in [3.63, 3.8) is 0 Å². The first-order chi connectivity index (χ1) is 12.1. The van der Waals surface area contributed by atoms with Crippen molar-refractivity contribution in [3.8, 4) is 0 Å². The summed E-state index contributed by atoms with van der Waals surface area (Å²) in [6, 6.07) is 5.36. The number of nitrogens with zero attached hydrogens (tertiary/aromatic N) is 4. The van der Waals surface area contributed by atoms with Gasteiger partial charge in [-0.25, -0.2) is 4.79 Å². The van der Waals surface area contributed by atoms with Crippen LogP contribution >= 0.6 is 0 Å². The molecule has 1 aromatic heterocycles. The molecule has 0 aliphatic carbocycles. The van der Waals surface area contributed by atoms with Gasteiger partial charge in [-0.1, -0.05) is 0 Å². The highest BCUT2D eigenvalue weighted by Gasteiger charge is 2.32. The minimum absolute atomic E-state index is 0.00427. The first-order valence-electron chi connectivity index (χ1n) is 8.45. The maximum absolute atomic E-state index is 12.0. The Morgan fingerprint density at radius 1 is 1.24 bits per heavy atom. The zero-order valence-electron chi connectivity index (χ0n) is 13.7. The molecular weight excluding hydrogens is 322 g/mol. The molecule has 1 aromatic carbocycles. The first kappa shape index (κ1) is 15.6. The molecule has 1 N–H and O–H groups in total. The number of non-ortho nitro benzene ring substituents is 1. The maximum Gasteiger partial charge on any atom is 0.317 e. The number of nitrogens with one attached hydrogen (secondary N) is 1. The maximum atomic E-state index is 12.0. The fourth-order valence-corrected chi connectivity index (χ4v) is 3.86. The third-order valence-corrected chi connectivity index (χ3v) is 5.04. The third kappa shape index (κ3) is 2.73. The molecule has 4 rings (SSSR count). The highest BCUT2D eigenvalue weighted by atomic mass is 16.6. The topological polar surface area (TPSA) is 91.6 Å². The Bertz CT molecular complexity index is 840. The number of piperidine rings is 1. The molecule has 0 saturated carbocycles. The standard InChI is InChI=1S/C17H19N5O3/c23-17-19-7-9-21(17)12-2-1-8-20(11-12)15-3-4-16(22(24)25)14-10-18-6-5-13(14)15/h3-6,10,12H,1-2,7-9,11H2,(H,19,23). The molecule has 2 amide bonds. The number of carbonyl (C=O) groups is 1. The van der Waals surface area contributed by atoms with E-state index in [1.54, 1.807) is 18.5 Å². The van der Waals surface area contributed by atoms with Crippen molar-refractivity contribution >= 4 is 28.2 Å². The molecule has 2 aromatic rings. The van der Waals surface area contributed by atoms with E-state index < -0.39 is 0 Å². The molecular formula is C17H19N5O3. The van der Waals surface area contributed by atoms with E-state index >= 15 is 0 Å². The van der Waals surface area contributed by atoms with E-state index in [0.717, 1.165) is 43.5 Å². The zero-order chi connectivity index (χ0) is 17.4. The van der Waals surface area contributed by atoms with Crippen LogP contribution in [0.5, 0.6) is 0 Å². The predicted octanol–water partition coefficient (Wildman–Crippen LogP) is 2.14. The van der Waals surface area contributed by atoms with Gasteiger partial charge in [0.25, 0.3) is 5.69 Å². The number of rotatable bonds is 3. The van der Waals surface area contributed by atoms with Gasteiger partial charge in [-0.2, -0.15) is 0 Å². The number of fused-ring (bicyclic) bond motifs is 1. The van der Waals surface area contributed by atoms with Crippen molar-refractivity contribution < 1.29 is 9.72 Å². The number of nitro benzene ring substituents is 1. The number of anilines is 1. The quantitative estimate of drug-likeness (QED) is 0.682. The summed E-state index contributed by atoms with van der Waals surface area (Å²) in [6.45, 7) is 3.05. The van der Waals surface area contributed by atoms with Crippen molar-refractivity contribution in [2.45, 2.75) is 18.9 Å². The lowest BCUT2D eigenvalue weighted by Crippen LogP contribution is -2.49. The van der Waals surface area contributed by atoms with Gasteiger partial charge in [-0.15, -0.1) is 0 Å². The second-order valence-corrected chi connectivity index (χ2v) is 6.45. The van der Waals surface area contributed by atoms with Gasteiger partial charge < -0.3 is 15.1 Å². The zero-order valence-corrected chi connectivity index (χ0v) is 13.7. The monoisotopic (exact) mass is 341 g/mol. The van der Waals surface area contributed by atoms with Crippen LogP contribution in [0.4, 0.5) is 16.2 Å². The van der Waals surface area contributed by atoms with Crippen molar-refractivity contribution in [2.75, 3.05) is 31.1 Å². The van der Waals surface area contributed by atoms with Crippen LogP contribution in [0, 0.1) is 10.1 Å². The fourth-order valence-electron chi connectivity index (χ4n) is 3.86. The van der Waals surface area contributed by atoms with Crippen LogP contribution in [0.2, 0.25) is 0 Å². The van der Waals surface area contributed by atoms with Crippen LogP contribution in [-0.4, -0.2) is 53.1 Å². The van der Waals surface area contributed by atoms with Crippen molar-refractivity contribution in [2.24, 2.45) is 0 Å². The SMILES string of the molecule is O=C1NCCN1C1CCCN(c2ccc([N+](=O)[O-])c3cnccc23)C1. The lowest BCUT2D eigenvalue weighted by Gasteiger charge is -2.38. The van der Waals surface area contributed by atoms with E-state index in [9.17, 15) is 14.9 Å². The van der Waals surface area contributed by atoms with E-state index in [4.69, 9.17) is 0 Å². The summed E-state index contributed by atoms with van der Waals surface area (Å²) in [7, 11) is 0. The molecule has 2 aliphatic heterocycles. The average molecular weight is 341 g/mol. The summed E-state index contributed by atoms with van der Waals surface area (Å²) in [5, 5.41) is 15.5. The van der Waals surface area contributed by atoms with Gasteiger partial charge >= 0.3 is 6.03 Å². The number of amides is 2. The summed E-state index contributed by atoms with van der Waals surface area (Å²) >= 11 is 0. The molecule has 8 heteroatoms. The molecule has 0 spiro atoms. The van der Waals surface area contributed by atoms with Gasteiger partial charge in [0.15, 0.2) is 0 Å². The number of urea groups is 1. The Morgan fingerprint density at radius 2 is 2.12 bits per heavy atom. The van der Waals surface area contributed by atoms with Crippen molar-refractivity contribution in [3.05, 3.63) is 40.7 Å². The number of carbonyl (C=O) groups excluding carboxylic acids is 1. The normalized spacial score (nSPS) is 20.8. The Labute approximate surface area is 144 Å². The third-order valence-electron chi connectivity index (χ3n) is 5.04. The molecule has 0 bridgehead atoms. The molecule has 2 saturated heterocycles. The molecule has 130 valence electrons. The van der Waals surface area contributed by atoms with Gasteiger partial charge in [0.1, 0.15) is 0 Å². The van der Waals surface area contributed by atoms with Crippen LogP contribution in [0.25, 0.3) is 10.8 Å². The summed E-state index contributed by atoms with van der Waals surface area (Å²) in [4.78, 5) is 31.0. The molecule has 2 fully saturated rings. The summed E-state index contributed by atoms with van der Waals surface area (Å²) in [5.74, 6) is 0. The number of hydrogen-bond acceptors (Lipinski definition) is 5. The van der Waals surface area contributed by atoms with Crippen molar-refractivity contribution in [1.29, 1.82) is 0 Å². The van der Waals surface area contributed by atoms with Gasteiger partial charge in [-0.3, -0.25) is 15.1 Å². The molecule has 0 radical (unpaired) electrons. The lowest BCUT2D eigenvalue weighted by molar-refractivity contribution is -0.383. The number of nitro groups is 1. The number of hydrogen-bond donors (Lipinski definition) is 1. The van der Waals surface area contributed by atoms with Gasteiger partial charge in [0.05, 0.1) is 16.4 Å². The Morgan fingerprint density at radius 3 is 2.88 bits per heavy atom. The van der Waals surface area contributed by atoms with E-state index in [1.807, 2.05) is 17.0 Å². The number of aromatic nitrogens is 1. The van der Waals surface area contributed by atoms with Gasteiger partial charge in [0, 0.05) is 55.7 Å². The minimum Gasteiger partial charge on any atom is -0.369 e. The minimum atomic E-state index is -0.374. The van der Waals surface area contributed by atoms with Crippen LogP contribution < -0.4 is 10.2 Å². The lowest BCUT2D eigenvalue weighted by atomic mass is 10.0. The fraction of sp³-hybridized carbons (Fsp3) is 0.412. The average Bonchev–Trinajstić information content (AvgIpc) is 3.06. The Balaban J connectivity index is 1.68. The molecule has 3 heterocycles. The molecule has 8 nitrogen and oxygen atoms in total. The number of benzene rings is 1. The van der Waals surface area contributed by atoms with Gasteiger partial charge in [-0.05, 0) is 25.0 Å². The Kier molecular flexibility index (Phi) is 3.87. The second kappa shape index (κ2) is 6.19. The van der Waals surface area contributed by atoms with Crippen LogP contribution in [0.15, 0.2) is 30.6 Å². The molecule has 2 aliphatic rings. The van der Waals surface area contributed by atoms with E-state index in [1.165, 1.54) is 0 Å². The smallest absolute Gasteiger partial charge is 0.317 e. The van der Waals surface area contributed by atoms with Crippen LogP contribution in [0.3, 0.4) is 0 Å². The molecule has 1 unspecified atom stereocenters. The largest absolute Gasteiger partial charge is 0.369 e. The highest BCUT2D eigenvalue weighted by Crippen LogP contribution is 2.34. The Hall–Kier alpha value is -2.90. The first-order valence-corrected chi connectivity index (χ1v) is 8.45. The molecule has 1 atom stereocenters. The summed E-state index contributed by atoms with van der Waals surface area (Å²) < 4.78 is 0. The molecule has 25 heavy (non-hydrogen) atoms. The van der Waals surface area contributed by atoms with E-state index in [-0.39, 0.29) is 22.7 Å². The van der Waals surface area contributed by atoms with Crippen molar-refractivity contribution in [1.82, 2.24) is 15.2 Å². The highest BCUT2D eigenvalue weighted by molar-refractivity contribution is 5.99. The van der Waals surface area contributed by atoms with Crippen LogP contribution in [-0.2, 0) is 0 Å². The second-order valence-electron chi connectivity index (χ2n) is 6.45. The summed E-state index contributed by atoms with van der Waals surface area (Å²) in [6.07, 6.45) is 5.17. The van der Waals surface area contributed by atoms with E-state index in [2.05, 4.69) is 15.2 Å². The van der Waals surface area contributed by atoms with E-state index in [0.29, 0.717) is 11.9 Å². The number of pyridine rings is 1. The van der Waals surface area contributed by atoms with Gasteiger partial charge in [0.2, 0.25) is 0 Å². The predicted molar refractivity (Wildman–Crippen MR) is 93.7 cm³/mol. The summed E-state index contributed by atoms with van der Waals surface area (Å²) in [5.41, 5.74) is 1.03.